The van der Waals surface area contributed by atoms with Gasteiger partial charge in [0.05, 0.1) is 18.1 Å². The number of aromatic nitrogens is 4. The molecule has 0 aliphatic carbocycles. The molecule has 0 saturated heterocycles. The molecule has 0 atom stereocenters. The van der Waals surface area contributed by atoms with Gasteiger partial charge in [-0.3, -0.25) is 0 Å². The molecule has 0 aliphatic rings. The van der Waals surface area contributed by atoms with Crippen LogP contribution < -0.4 is 4.74 Å². The van der Waals surface area contributed by atoms with E-state index >= 15 is 0 Å². The summed E-state index contributed by atoms with van der Waals surface area (Å²) in [7, 11) is 1.59. The number of hydrogen-bond donors (Lipinski definition) is 0. The molecule has 0 spiro atoms. The minimum atomic E-state index is 0.205. The van der Waals surface area contributed by atoms with E-state index in [1.54, 1.807) is 25.3 Å². The maximum atomic E-state index is 6.23. The highest BCUT2D eigenvalue weighted by Gasteiger charge is 2.17. The fourth-order valence-electron chi connectivity index (χ4n) is 2.29. The highest BCUT2D eigenvalue weighted by molar-refractivity contribution is 6.32. The Hall–Kier alpha value is -2.99. The topological polar surface area (TPSA) is 73.9 Å². The highest BCUT2D eigenvalue weighted by Crippen LogP contribution is 2.29. The molecule has 0 saturated carbocycles. The van der Waals surface area contributed by atoms with Gasteiger partial charge in [0.2, 0.25) is 5.89 Å². The van der Waals surface area contributed by atoms with Gasteiger partial charge in [-0.1, -0.05) is 29.8 Å². The first-order chi connectivity index (χ1) is 11.7. The molecule has 0 bridgehead atoms. The summed E-state index contributed by atoms with van der Waals surface area (Å²) in [6.45, 7) is 0. The quantitative estimate of drug-likeness (QED) is 0.562. The average molecular weight is 339 g/mol. The molecule has 2 aromatic heterocycles. The zero-order valence-electron chi connectivity index (χ0n) is 12.6. The number of nitrogens with zero attached hydrogens (tertiary/aromatic N) is 4. The van der Waals surface area contributed by atoms with Gasteiger partial charge in [0.15, 0.2) is 10.8 Å². The van der Waals surface area contributed by atoms with Crippen molar-refractivity contribution in [2.24, 2.45) is 0 Å². The molecule has 4 rings (SSSR count). The van der Waals surface area contributed by atoms with E-state index in [1.165, 1.54) is 0 Å². The van der Waals surface area contributed by atoms with Crippen LogP contribution in [0.15, 0.2) is 52.9 Å². The Balaban J connectivity index is 1.81. The van der Waals surface area contributed by atoms with Crippen molar-refractivity contribution in [3.05, 3.63) is 53.7 Å². The Labute approximate surface area is 142 Å². The molecule has 6 nitrogen and oxygen atoms in total. The van der Waals surface area contributed by atoms with Crippen molar-refractivity contribution in [2.45, 2.75) is 0 Å². The summed E-state index contributed by atoms with van der Waals surface area (Å²) in [5.41, 5.74) is 2.45. The maximum Gasteiger partial charge on any atom is 0.269 e. The predicted octanol–water partition coefficient (Wildman–Crippen LogP) is 4.01. The first-order valence-corrected chi connectivity index (χ1v) is 7.53. The van der Waals surface area contributed by atoms with Gasteiger partial charge in [0.1, 0.15) is 5.75 Å². The lowest BCUT2D eigenvalue weighted by Gasteiger charge is -2.04. The van der Waals surface area contributed by atoms with Crippen LogP contribution in [-0.2, 0) is 0 Å². The van der Waals surface area contributed by atoms with Crippen LogP contribution in [0.3, 0.4) is 0 Å². The summed E-state index contributed by atoms with van der Waals surface area (Å²) in [4.78, 5) is 8.82. The summed E-state index contributed by atoms with van der Waals surface area (Å²) >= 11 is 6.23. The van der Waals surface area contributed by atoms with Gasteiger partial charge in [-0.2, -0.15) is 0 Å². The summed E-state index contributed by atoms with van der Waals surface area (Å²) in [6.07, 6.45) is 0. The van der Waals surface area contributed by atoms with E-state index in [-0.39, 0.29) is 11.0 Å². The second kappa shape index (κ2) is 5.90. The molecule has 2 heterocycles. The Morgan fingerprint density at radius 1 is 0.917 bits per heavy atom. The molecular formula is C17H11ClN4O2. The number of fused-ring (bicyclic) bond motifs is 1. The van der Waals surface area contributed by atoms with Gasteiger partial charge in [0.25, 0.3) is 5.89 Å². The first-order valence-electron chi connectivity index (χ1n) is 7.15. The van der Waals surface area contributed by atoms with Gasteiger partial charge in [0, 0.05) is 11.6 Å². The lowest BCUT2D eigenvalue weighted by Crippen LogP contribution is -1.92. The molecule has 2 aromatic carbocycles. The molecular weight excluding hydrogens is 328 g/mol. The summed E-state index contributed by atoms with van der Waals surface area (Å²) < 4.78 is 10.9. The summed E-state index contributed by atoms with van der Waals surface area (Å²) in [5.74, 6) is 1.30. The third-order valence-electron chi connectivity index (χ3n) is 3.48. The monoisotopic (exact) mass is 338 g/mol. The third-order valence-corrected chi connectivity index (χ3v) is 3.74. The molecule has 4 aromatic rings. The maximum absolute atomic E-state index is 6.23. The van der Waals surface area contributed by atoms with Crippen LogP contribution >= 0.6 is 11.6 Å². The van der Waals surface area contributed by atoms with Gasteiger partial charge in [-0.25, -0.2) is 9.97 Å². The molecule has 0 unspecified atom stereocenters. The number of benzene rings is 2. The lowest BCUT2D eigenvalue weighted by molar-refractivity contribution is 0.415. The molecule has 0 amide bonds. The van der Waals surface area contributed by atoms with Crippen LogP contribution in [0.5, 0.6) is 5.75 Å². The Bertz CT molecular complexity index is 1020. The third kappa shape index (κ3) is 2.57. The SMILES string of the molecule is COc1ccc2nc(Cl)c(-c3nnc(-c4ccccc4)o3)nc2c1. The lowest BCUT2D eigenvalue weighted by atomic mass is 10.2. The molecule has 0 radical (unpaired) electrons. The summed E-state index contributed by atoms with van der Waals surface area (Å²) in [5, 5.41) is 8.29. The van der Waals surface area contributed by atoms with E-state index in [1.807, 2.05) is 30.3 Å². The van der Waals surface area contributed by atoms with Gasteiger partial charge >= 0.3 is 0 Å². The Morgan fingerprint density at radius 2 is 1.71 bits per heavy atom. The van der Waals surface area contributed by atoms with Crippen molar-refractivity contribution in [2.75, 3.05) is 7.11 Å². The molecule has 24 heavy (non-hydrogen) atoms. The standard InChI is InChI=1S/C17H11ClN4O2/c1-23-11-7-8-12-13(9-11)19-14(15(18)20-12)17-22-21-16(24-17)10-5-3-2-4-6-10/h2-9H,1H3. The van der Waals surface area contributed by atoms with Crippen molar-refractivity contribution in [3.8, 4) is 28.8 Å². The molecule has 0 aliphatic heterocycles. The number of ether oxygens (including phenoxy) is 1. The van der Waals surface area contributed by atoms with Gasteiger partial charge < -0.3 is 9.15 Å². The zero-order chi connectivity index (χ0) is 16.5. The fourth-order valence-corrected chi connectivity index (χ4v) is 2.51. The van der Waals surface area contributed by atoms with Crippen molar-refractivity contribution in [1.82, 2.24) is 20.2 Å². The number of hydrogen-bond acceptors (Lipinski definition) is 6. The molecule has 0 fully saturated rings. The van der Waals surface area contributed by atoms with E-state index in [0.717, 1.165) is 5.56 Å². The smallest absolute Gasteiger partial charge is 0.269 e. The van der Waals surface area contributed by atoms with Crippen molar-refractivity contribution in [1.29, 1.82) is 0 Å². The second-order valence-electron chi connectivity index (χ2n) is 5.00. The molecule has 7 heteroatoms. The average Bonchev–Trinajstić information content (AvgIpc) is 3.11. The van der Waals surface area contributed by atoms with Crippen LogP contribution in [0.1, 0.15) is 0 Å². The zero-order valence-corrected chi connectivity index (χ0v) is 13.4. The minimum absolute atomic E-state index is 0.205. The fraction of sp³-hybridized carbons (Fsp3) is 0.0588. The molecule has 0 N–H and O–H groups in total. The predicted molar refractivity (Wildman–Crippen MR) is 89.8 cm³/mol. The van der Waals surface area contributed by atoms with Crippen LogP contribution in [0.25, 0.3) is 34.1 Å². The van der Waals surface area contributed by atoms with Crippen molar-refractivity contribution < 1.29 is 9.15 Å². The van der Waals surface area contributed by atoms with E-state index in [2.05, 4.69) is 20.2 Å². The van der Waals surface area contributed by atoms with Gasteiger partial charge in [-0.15, -0.1) is 10.2 Å². The van der Waals surface area contributed by atoms with Crippen molar-refractivity contribution >= 4 is 22.6 Å². The normalized spacial score (nSPS) is 10.9. The van der Waals surface area contributed by atoms with Crippen LogP contribution in [0, 0.1) is 0 Å². The molecule has 118 valence electrons. The van der Waals surface area contributed by atoms with Crippen LogP contribution in [0.4, 0.5) is 0 Å². The number of halogens is 1. The van der Waals surface area contributed by atoms with E-state index in [9.17, 15) is 0 Å². The first kappa shape index (κ1) is 14.6. The largest absolute Gasteiger partial charge is 0.497 e. The Kier molecular flexibility index (Phi) is 3.59. The van der Waals surface area contributed by atoms with Crippen LogP contribution in [0.2, 0.25) is 5.15 Å². The van der Waals surface area contributed by atoms with Crippen LogP contribution in [-0.4, -0.2) is 27.3 Å². The number of methoxy groups -OCH3 is 1. The van der Waals surface area contributed by atoms with E-state index in [4.69, 9.17) is 20.8 Å². The highest BCUT2D eigenvalue weighted by atomic mass is 35.5. The second-order valence-corrected chi connectivity index (χ2v) is 5.35. The van der Waals surface area contributed by atoms with Crippen molar-refractivity contribution in [3.63, 3.8) is 0 Å². The minimum Gasteiger partial charge on any atom is -0.497 e. The van der Waals surface area contributed by atoms with E-state index in [0.29, 0.717) is 28.4 Å². The summed E-state index contributed by atoms with van der Waals surface area (Å²) in [6, 6.07) is 14.8. The van der Waals surface area contributed by atoms with Gasteiger partial charge in [-0.05, 0) is 24.3 Å². The van der Waals surface area contributed by atoms with E-state index < -0.39 is 0 Å². The Morgan fingerprint density at radius 3 is 2.50 bits per heavy atom. The number of rotatable bonds is 3.